The van der Waals surface area contributed by atoms with E-state index in [0.717, 1.165) is 24.9 Å². The van der Waals surface area contributed by atoms with Crippen molar-refractivity contribution in [3.05, 3.63) is 30.3 Å². The molecule has 1 aromatic carbocycles. The molecule has 1 saturated carbocycles. The van der Waals surface area contributed by atoms with Gasteiger partial charge in [-0.2, -0.15) is 0 Å². The maximum Gasteiger partial charge on any atom is 0.0164 e. The Morgan fingerprint density at radius 3 is 2.76 bits per heavy atom. The van der Waals surface area contributed by atoms with Gasteiger partial charge in [-0.3, -0.25) is 0 Å². The maximum absolute atomic E-state index is 3.55. The first kappa shape index (κ1) is 12.9. The van der Waals surface area contributed by atoms with E-state index in [9.17, 15) is 0 Å². The molecule has 3 heteroatoms. The lowest BCUT2D eigenvalue weighted by Crippen LogP contribution is -2.38. The SMILES string of the molecule is CC(CNC1CC1)NCCSc1ccccc1. The summed E-state index contributed by atoms with van der Waals surface area (Å²) in [7, 11) is 0. The molecule has 94 valence electrons. The van der Waals surface area contributed by atoms with Crippen LogP contribution in [-0.2, 0) is 0 Å². The van der Waals surface area contributed by atoms with Gasteiger partial charge in [0.2, 0.25) is 0 Å². The van der Waals surface area contributed by atoms with Gasteiger partial charge in [0.25, 0.3) is 0 Å². The summed E-state index contributed by atoms with van der Waals surface area (Å²) >= 11 is 1.92. The average molecular weight is 250 g/mol. The molecule has 0 heterocycles. The number of nitrogens with one attached hydrogen (secondary N) is 2. The summed E-state index contributed by atoms with van der Waals surface area (Å²) in [6.45, 7) is 4.43. The topological polar surface area (TPSA) is 24.1 Å². The van der Waals surface area contributed by atoms with Crippen molar-refractivity contribution in [2.24, 2.45) is 0 Å². The molecule has 2 rings (SSSR count). The van der Waals surface area contributed by atoms with Crippen LogP contribution in [0.15, 0.2) is 35.2 Å². The first-order valence-electron chi connectivity index (χ1n) is 6.49. The van der Waals surface area contributed by atoms with E-state index in [-0.39, 0.29) is 0 Å². The number of benzene rings is 1. The minimum absolute atomic E-state index is 0.576. The highest BCUT2D eigenvalue weighted by Crippen LogP contribution is 2.18. The van der Waals surface area contributed by atoms with Gasteiger partial charge in [-0.1, -0.05) is 18.2 Å². The van der Waals surface area contributed by atoms with Crippen LogP contribution in [0, 0.1) is 0 Å². The van der Waals surface area contributed by atoms with Crippen LogP contribution in [0.3, 0.4) is 0 Å². The first-order valence-corrected chi connectivity index (χ1v) is 7.48. The molecule has 17 heavy (non-hydrogen) atoms. The van der Waals surface area contributed by atoms with Gasteiger partial charge in [0.05, 0.1) is 0 Å². The third kappa shape index (κ3) is 5.57. The highest BCUT2D eigenvalue weighted by atomic mass is 32.2. The fraction of sp³-hybridized carbons (Fsp3) is 0.571. The fourth-order valence-corrected chi connectivity index (χ4v) is 2.50. The third-order valence-electron chi connectivity index (χ3n) is 2.90. The van der Waals surface area contributed by atoms with Crippen LogP contribution in [0.4, 0.5) is 0 Å². The van der Waals surface area contributed by atoms with Crippen molar-refractivity contribution in [3.63, 3.8) is 0 Å². The van der Waals surface area contributed by atoms with Crippen molar-refractivity contribution in [3.8, 4) is 0 Å². The molecule has 1 aliphatic carbocycles. The zero-order valence-electron chi connectivity index (χ0n) is 10.5. The average Bonchev–Trinajstić information content (AvgIpc) is 3.17. The van der Waals surface area contributed by atoms with E-state index < -0.39 is 0 Å². The Labute approximate surface area is 109 Å². The van der Waals surface area contributed by atoms with Crippen molar-refractivity contribution < 1.29 is 0 Å². The molecule has 1 aliphatic rings. The van der Waals surface area contributed by atoms with E-state index in [1.807, 2.05) is 11.8 Å². The van der Waals surface area contributed by atoms with Crippen LogP contribution in [0.1, 0.15) is 19.8 Å². The lowest BCUT2D eigenvalue weighted by molar-refractivity contribution is 0.515. The van der Waals surface area contributed by atoms with Gasteiger partial charge in [0, 0.05) is 35.8 Å². The Bertz CT molecular complexity index is 311. The second-order valence-electron chi connectivity index (χ2n) is 4.70. The second kappa shape index (κ2) is 7.04. The zero-order valence-corrected chi connectivity index (χ0v) is 11.3. The summed E-state index contributed by atoms with van der Waals surface area (Å²) in [6, 6.07) is 12.0. The van der Waals surface area contributed by atoms with Crippen molar-refractivity contribution in [1.82, 2.24) is 10.6 Å². The van der Waals surface area contributed by atoms with Gasteiger partial charge in [0.15, 0.2) is 0 Å². The molecule has 0 bridgehead atoms. The van der Waals surface area contributed by atoms with Crippen LogP contribution in [-0.4, -0.2) is 30.9 Å². The minimum Gasteiger partial charge on any atom is -0.312 e. The largest absolute Gasteiger partial charge is 0.312 e. The van der Waals surface area contributed by atoms with Crippen molar-refractivity contribution in [2.45, 2.75) is 36.7 Å². The third-order valence-corrected chi connectivity index (χ3v) is 3.91. The lowest BCUT2D eigenvalue weighted by Gasteiger charge is -2.14. The van der Waals surface area contributed by atoms with Gasteiger partial charge in [-0.25, -0.2) is 0 Å². The van der Waals surface area contributed by atoms with Gasteiger partial charge in [-0.15, -0.1) is 11.8 Å². The summed E-state index contributed by atoms with van der Waals surface area (Å²) in [4.78, 5) is 1.36. The van der Waals surface area contributed by atoms with E-state index in [2.05, 4.69) is 47.9 Å². The summed E-state index contributed by atoms with van der Waals surface area (Å²) in [6.07, 6.45) is 2.74. The first-order chi connectivity index (χ1) is 8.34. The lowest BCUT2D eigenvalue weighted by atomic mass is 10.3. The van der Waals surface area contributed by atoms with Gasteiger partial charge >= 0.3 is 0 Å². The molecule has 1 unspecified atom stereocenters. The maximum atomic E-state index is 3.55. The van der Waals surface area contributed by atoms with E-state index in [1.54, 1.807) is 0 Å². The standard InChI is InChI=1S/C14H22N2S/c1-12(11-16-13-7-8-13)15-9-10-17-14-5-3-2-4-6-14/h2-6,12-13,15-16H,7-11H2,1H3. The molecule has 0 spiro atoms. The number of thioether (sulfide) groups is 1. The minimum atomic E-state index is 0.576. The monoisotopic (exact) mass is 250 g/mol. The van der Waals surface area contributed by atoms with Crippen molar-refractivity contribution in [1.29, 1.82) is 0 Å². The molecule has 0 aliphatic heterocycles. The summed E-state index contributed by atoms with van der Waals surface area (Å²) in [5.74, 6) is 1.14. The van der Waals surface area contributed by atoms with Gasteiger partial charge in [-0.05, 0) is 31.9 Å². The highest BCUT2D eigenvalue weighted by Gasteiger charge is 2.20. The Kier molecular flexibility index (Phi) is 5.36. The summed E-state index contributed by atoms with van der Waals surface area (Å²) in [5, 5.41) is 7.10. The normalized spacial score (nSPS) is 17.0. The quantitative estimate of drug-likeness (QED) is 0.547. The smallest absolute Gasteiger partial charge is 0.0164 e. The van der Waals surface area contributed by atoms with Gasteiger partial charge < -0.3 is 10.6 Å². The number of rotatable bonds is 8. The molecule has 2 N–H and O–H groups in total. The molecule has 2 nitrogen and oxygen atoms in total. The molecule has 1 aromatic rings. The van der Waals surface area contributed by atoms with Gasteiger partial charge in [0.1, 0.15) is 0 Å². The molecule has 1 atom stereocenters. The van der Waals surface area contributed by atoms with E-state index in [1.165, 1.54) is 17.7 Å². The molecule has 0 saturated heterocycles. The summed E-state index contributed by atoms with van der Waals surface area (Å²) in [5.41, 5.74) is 0. The van der Waals surface area contributed by atoms with E-state index in [4.69, 9.17) is 0 Å². The van der Waals surface area contributed by atoms with Crippen LogP contribution < -0.4 is 10.6 Å². The Morgan fingerprint density at radius 2 is 2.06 bits per heavy atom. The molecule has 0 radical (unpaired) electrons. The molecular formula is C14H22N2S. The van der Waals surface area contributed by atoms with Crippen LogP contribution >= 0.6 is 11.8 Å². The Balaban J connectivity index is 1.50. The van der Waals surface area contributed by atoms with E-state index in [0.29, 0.717) is 6.04 Å². The molecule has 0 amide bonds. The highest BCUT2D eigenvalue weighted by molar-refractivity contribution is 7.99. The predicted molar refractivity (Wildman–Crippen MR) is 75.7 cm³/mol. The van der Waals surface area contributed by atoms with Crippen molar-refractivity contribution in [2.75, 3.05) is 18.8 Å². The van der Waals surface area contributed by atoms with Crippen LogP contribution in [0.5, 0.6) is 0 Å². The Morgan fingerprint density at radius 1 is 1.29 bits per heavy atom. The summed E-state index contributed by atoms with van der Waals surface area (Å²) < 4.78 is 0. The number of hydrogen-bond acceptors (Lipinski definition) is 3. The molecule has 0 aromatic heterocycles. The Hall–Kier alpha value is -0.510. The van der Waals surface area contributed by atoms with Crippen LogP contribution in [0.25, 0.3) is 0 Å². The second-order valence-corrected chi connectivity index (χ2v) is 5.87. The predicted octanol–water partition coefficient (Wildman–Crippen LogP) is 2.51. The molecular weight excluding hydrogens is 228 g/mol. The van der Waals surface area contributed by atoms with Crippen LogP contribution in [0.2, 0.25) is 0 Å². The van der Waals surface area contributed by atoms with Crippen molar-refractivity contribution >= 4 is 11.8 Å². The zero-order chi connectivity index (χ0) is 11.9. The molecule has 1 fully saturated rings. The number of hydrogen-bond donors (Lipinski definition) is 2. The van der Waals surface area contributed by atoms with E-state index >= 15 is 0 Å². The fourth-order valence-electron chi connectivity index (χ4n) is 1.69.